The molecule has 0 saturated carbocycles. The Kier molecular flexibility index (Phi) is 2.76. The Labute approximate surface area is 94.4 Å². The molecule has 0 N–H and O–H groups in total. The Morgan fingerprint density at radius 2 is 1.86 bits per heavy atom. The van der Waals surface area contributed by atoms with Crippen LogP contribution in [0.5, 0.6) is 0 Å². The molecular formula is C12H10IrN. The van der Waals surface area contributed by atoms with Gasteiger partial charge in [0.2, 0.25) is 0 Å². The van der Waals surface area contributed by atoms with Gasteiger partial charge < -0.3 is 0 Å². The molecular weight excluding hydrogens is 350 g/mol. The molecule has 1 aromatic heterocycles. The summed E-state index contributed by atoms with van der Waals surface area (Å²) in [5.41, 5.74) is 3.54. The summed E-state index contributed by atoms with van der Waals surface area (Å²) in [6.07, 6.45) is 1.84. The average Bonchev–Trinajstić information content (AvgIpc) is 2.20. The molecule has 0 radical (unpaired) electrons. The molecule has 0 aliphatic rings. The van der Waals surface area contributed by atoms with Gasteiger partial charge in [-0.3, -0.25) is 0 Å². The van der Waals surface area contributed by atoms with Crippen molar-refractivity contribution >= 4 is 4.08 Å². The number of aromatic nitrogens is 1. The zero-order chi connectivity index (χ0) is 9.97. The monoisotopic (exact) mass is 361 g/mol. The Balaban J connectivity index is 2.61. The molecule has 0 spiro atoms. The molecule has 72 valence electrons. The molecule has 0 amide bonds. The third-order valence-corrected chi connectivity index (χ3v) is 3.16. The molecule has 14 heavy (non-hydrogen) atoms. The van der Waals surface area contributed by atoms with Crippen LogP contribution in [0.4, 0.5) is 0 Å². The minimum absolute atomic E-state index is 1.09. The van der Waals surface area contributed by atoms with Gasteiger partial charge in [0.1, 0.15) is 0 Å². The SMILES string of the molecule is Cc1cccnc1-c1cccc[c]1[Ir]. The van der Waals surface area contributed by atoms with E-state index in [9.17, 15) is 0 Å². The topological polar surface area (TPSA) is 12.9 Å². The van der Waals surface area contributed by atoms with E-state index >= 15 is 0 Å². The Morgan fingerprint density at radius 3 is 2.57 bits per heavy atom. The van der Waals surface area contributed by atoms with Gasteiger partial charge in [0.15, 0.2) is 0 Å². The van der Waals surface area contributed by atoms with Crippen LogP contribution in [0.2, 0.25) is 0 Å². The third kappa shape index (κ3) is 1.77. The number of benzene rings is 1. The van der Waals surface area contributed by atoms with Crippen LogP contribution < -0.4 is 4.08 Å². The van der Waals surface area contributed by atoms with Gasteiger partial charge in [-0.05, 0) is 0 Å². The predicted octanol–water partition coefficient (Wildman–Crippen LogP) is 2.23. The van der Waals surface area contributed by atoms with Crippen LogP contribution >= 0.6 is 0 Å². The summed E-state index contributed by atoms with van der Waals surface area (Å²) in [5, 5.41) is 0. The van der Waals surface area contributed by atoms with E-state index in [0.717, 1.165) is 5.69 Å². The molecule has 0 bridgehead atoms. The molecule has 1 heterocycles. The molecule has 2 rings (SSSR count). The molecule has 2 aromatic rings. The predicted molar refractivity (Wildman–Crippen MR) is 54.0 cm³/mol. The summed E-state index contributed by atoms with van der Waals surface area (Å²) in [7, 11) is 0. The van der Waals surface area contributed by atoms with Crippen molar-refractivity contribution in [1.82, 2.24) is 4.98 Å². The fourth-order valence-corrected chi connectivity index (χ4v) is 2.12. The molecule has 0 aliphatic heterocycles. The van der Waals surface area contributed by atoms with Crippen LogP contribution in [0.25, 0.3) is 11.3 Å². The fraction of sp³-hybridized carbons (Fsp3) is 0.0833. The summed E-state index contributed by atoms with van der Waals surface area (Å²) in [4.78, 5) is 4.41. The van der Waals surface area contributed by atoms with Gasteiger partial charge in [-0.15, -0.1) is 0 Å². The second-order valence-electron chi connectivity index (χ2n) is 3.12. The first-order chi connectivity index (χ1) is 6.79. The van der Waals surface area contributed by atoms with Gasteiger partial charge in [-0.25, -0.2) is 0 Å². The number of pyridine rings is 1. The van der Waals surface area contributed by atoms with Gasteiger partial charge in [0.05, 0.1) is 0 Å². The van der Waals surface area contributed by atoms with E-state index in [4.69, 9.17) is 0 Å². The Morgan fingerprint density at radius 1 is 1.07 bits per heavy atom. The summed E-state index contributed by atoms with van der Waals surface area (Å²) in [6, 6.07) is 12.4. The van der Waals surface area contributed by atoms with Crippen molar-refractivity contribution in [3.05, 3.63) is 48.2 Å². The van der Waals surface area contributed by atoms with Crippen LogP contribution in [0.1, 0.15) is 5.56 Å². The average molecular weight is 360 g/mol. The number of nitrogens with zero attached hydrogens (tertiary/aromatic N) is 1. The van der Waals surface area contributed by atoms with Gasteiger partial charge >= 0.3 is 94.3 Å². The molecule has 0 fully saturated rings. The summed E-state index contributed by atoms with van der Waals surface area (Å²) in [6.45, 7) is 2.09. The zero-order valence-corrected chi connectivity index (χ0v) is 10.2. The van der Waals surface area contributed by atoms with Crippen molar-refractivity contribution in [2.24, 2.45) is 0 Å². The number of rotatable bonds is 1. The molecule has 1 aromatic carbocycles. The van der Waals surface area contributed by atoms with E-state index in [1.54, 1.807) is 0 Å². The van der Waals surface area contributed by atoms with Crippen molar-refractivity contribution in [2.75, 3.05) is 0 Å². The van der Waals surface area contributed by atoms with Crippen LogP contribution in [-0.2, 0) is 18.9 Å². The van der Waals surface area contributed by atoms with Crippen molar-refractivity contribution in [1.29, 1.82) is 0 Å². The Bertz CT molecular complexity index is 408. The van der Waals surface area contributed by atoms with Gasteiger partial charge in [-0.2, -0.15) is 0 Å². The van der Waals surface area contributed by atoms with E-state index in [0.29, 0.717) is 0 Å². The van der Waals surface area contributed by atoms with Crippen molar-refractivity contribution in [3.63, 3.8) is 0 Å². The van der Waals surface area contributed by atoms with E-state index in [2.05, 4.69) is 61.1 Å². The van der Waals surface area contributed by atoms with Crippen LogP contribution in [0.3, 0.4) is 0 Å². The minimum atomic E-state index is 1.09. The van der Waals surface area contributed by atoms with Crippen molar-refractivity contribution in [2.45, 2.75) is 6.92 Å². The maximum atomic E-state index is 4.41. The molecule has 0 aliphatic carbocycles. The first-order valence-electron chi connectivity index (χ1n) is 4.43. The van der Waals surface area contributed by atoms with Crippen molar-refractivity contribution in [3.8, 4) is 11.3 Å². The molecule has 1 nitrogen and oxygen atoms in total. The first kappa shape index (κ1) is 9.57. The number of aryl methyl sites for hydroxylation is 1. The van der Waals surface area contributed by atoms with Gasteiger partial charge in [0, 0.05) is 0 Å². The Hall–Kier alpha value is -0.981. The standard InChI is InChI=1S/C12H10N.Ir/c1-10-6-5-9-13-12(10)11-7-3-2-4-8-11;/h2-7,9H,1H3;. The maximum absolute atomic E-state index is 4.41. The van der Waals surface area contributed by atoms with E-state index in [1.165, 1.54) is 15.2 Å². The summed E-state index contributed by atoms with van der Waals surface area (Å²) in [5.74, 6) is 0. The quantitative estimate of drug-likeness (QED) is 0.760. The van der Waals surface area contributed by atoms with Crippen LogP contribution in [0, 0.1) is 6.92 Å². The van der Waals surface area contributed by atoms with E-state index in [1.807, 2.05) is 12.3 Å². The van der Waals surface area contributed by atoms with Crippen LogP contribution in [-0.4, -0.2) is 4.98 Å². The summed E-state index contributed by atoms with van der Waals surface area (Å²) >= 11 is 2.11. The molecule has 0 saturated heterocycles. The van der Waals surface area contributed by atoms with Gasteiger partial charge in [-0.1, -0.05) is 0 Å². The third-order valence-electron chi connectivity index (χ3n) is 2.12. The van der Waals surface area contributed by atoms with Crippen molar-refractivity contribution < 1.29 is 18.9 Å². The van der Waals surface area contributed by atoms with Gasteiger partial charge in [0.25, 0.3) is 0 Å². The second kappa shape index (κ2) is 4.03. The normalized spacial score (nSPS) is 10.2. The number of hydrogen-bond acceptors (Lipinski definition) is 1. The first-order valence-corrected chi connectivity index (χ1v) is 5.63. The zero-order valence-electron chi connectivity index (χ0n) is 7.82. The summed E-state index contributed by atoms with van der Waals surface area (Å²) < 4.78 is 1.27. The van der Waals surface area contributed by atoms with E-state index in [-0.39, 0.29) is 0 Å². The van der Waals surface area contributed by atoms with Crippen LogP contribution in [0.15, 0.2) is 42.6 Å². The molecule has 2 heteroatoms. The fourth-order valence-electron chi connectivity index (χ4n) is 1.41. The second-order valence-corrected chi connectivity index (χ2v) is 4.41. The molecule has 0 unspecified atom stereocenters. The van der Waals surface area contributed by atoms with E-state index < -0.39 is 0 Å². The number of hydrogen-bond donors (Lipinski definition) is 0. The molecule has 0 atom stereocenters.